The fraction of sp³-hybridized carbons (Fsp3) is 0.857. The van der Waals surface area contributed by atoms with E-state index in [9.17, 15) is 9.59 Å². The lowest BCUT2D eigenvalue weighted by Gasteiger charge is -2.20. The highest BCUT2D eigenvalue weighted by Crippen LogP contribution is 2.54. The van der Waals surface area contributed by atoms with Gasteiger partial charge in [-0.05, 0) is 43.4 Å². The van der Waals surface area contributed by atoms with Crippen LogP contribution in [0.25, 0.3) is 0 Å². The number of carbonyl (C=O) groups excluding carboxylic acids is 2. The number of esters is 1. The van der Waals surface area contributed by atoms with Gasteiger partial charge < -0.3 is 10.1 Å². The van der Waals surface area contributed by atoms with Crippen molar-refractivity contribution < 1.29 is 14.3 Å². The molecule has 0 radical (unpaired) electrons. The van der Waals surface area contributed by atoms with Crippen LogP contribution in [0.2, 0.25) is 0 Å². The number of hydrogen-bond donors (Lipinski definition) is 1. The summed E-state index contributed by atoms with van der Waals surface area (Å²) in [6, 6.07) is -0.487. The second-order valence-corrected chi connectivity index (χ2v) is 6.14. The number of methoxy groups -OCH3 is 1. The van der Waals surface area contributed by atoms with Gasteiger partial charge in [-0.1, -0.05) is 13.8 Å². The van der Waals surface area contributed by atoms with E-state index in [2.05, 4.69) is 5.32 Å². The van der Waals surface area contributed by atoms with Crippen molar-refractivity contribution >= 4 is 11.9 Å². The lowest BCUT2D eigenvalue weighted by molar-refractivity contribution is -0.146. The predicted octanol–water partition coefficient (Wildman–Crippen LogP) is 1.74. The summed E-state index contributed by atoms with van der Waals surface area (Å²) in [4.78, 5) is 23.7. The number of rotatable bonds is 5. The van der Waals surface area contributed by atoms with Gasteiger partial charge in [-0.3, -0.25) is 4.79 Å². The Balaban J connectivity index is 1.86. The molecular weight excluding hydrogens is 230 g/mol. The maximum atomic E-state index is 12.1. The summed E-state index contributed by atoms with van der Waals surface area (Å²) < 4.78 is 4.75. The number of hydrogen-bond acceptors (Lipinski definition) is 3. The van der Waals surface area contributed by atoms with Crippen molar-refractivity contribution in [2.75, 3.05) is 7.11 Å². The standard InChI is InChI=1S/C14H23NO3/c1-8(2)4-12(14(17)18-3)15-13(16)11-6-9-5-10(9)7-11/h8-12H,4-7H2,1-3H3,(H,15,16). The monoisotopic (exact) mass is 253 g/mol. The molecule has 3 atom stereocenters. The Hall–Kier alpha value is -1.06. The molecule has 1 N–H and O–H groups in total. The van der Waals surface area contributed by atoms with Gasteiger partial charge >= 0.3 is 5.97 Å². The Kier molecular flexibility index (Phi) is 3.93. The number of carbonyl (C=O) groups is 2. The molecule has 0 aromatic heterocycles. The van der Waals surface area contributed by atoms with E-state index in [4.69, 9.17) is 4.74 Å². The smallest absolute Gasteiger partial charge is 0.328 e. The second kappa shape index (κ2) is 5.29. The molecule has 1 amide bonds. The highest BCUT2D eigenvalue weighted by molar-refractivity contribution is 5.86. The Labute approximate surface area is 108 Å². The van der Waals surface area contributed by atoms with Gasteiger partial charge in [0.15, 0.2) is 0 Å². The zero-order valence-corrected chi connectivity index (χ0v) is 11.4. The van der Waals surface area contributed by atoms with Gasteiger partial charge in [-0.2, -0.15) is 0 Å². The normalized spacial score (nSPS) is 30.8. The minimum Gasteiger partial charge on any atom is -0.467 e. The Morgan fingerprint density at radius 3 is 2.33 bits per heavy atom. The van der Waals surface area contributed by atoms with Crippen molar-refractivity contribution in [2.45, 2.75) is 45.6 Å². The second-order valence-electron chi connectivity index (χ2n) is 6.14. The van der Waals surface area contributed by atoms with E-state index in [0.717, 1.165) is 24.7 Å². The Morgan fingerprint density at radius 2 is 1.83 bits per heavy atom. The van der Waals surface area contributed by atoms with Crippen LogP contribution in [0.4, 0.5) is 0 Å². The van der Waals surface area contributed by atoms with Gasteiger partial charge in [0.05, 0.1) is 7.11 Å². The summed E-state index contributed by atoms with van der Waals surface area (Å²) in [5.41, 5.74) is 0. The van der Waals surface area contributed by atoms with Crippen LogP contribution in [-0.4, -0.2) is 25.0 Å². The summed E-state index contributed by atoms with van der Waals surface area (Å²) >= 11 is 0. The van der Waals surface area contributed by atoms with E-state index >= 15 is 0 Å². The first kappa shape index (κ1) is 13.4. The summed E-state index contributed by atoms with van der Waals surface area (Å²) in [6.45, 7) is 4.07. The van der Waals surface area contributed by atoms with Gasteiger partial charge in [0.1, 0.15) is 6.04 Å². The predicted molar refractivity (Wildman–Crippen MR) is 67.7 cm³/mol. The highest BCUT2D eigenvalue weighted by atomic mass is 16.5. The molecule has 0 heterocycles. The average Bonchev–Trinajstić information content (AvgIpc) is 2.93. The van der Waals surface area contributed by atoms with E-state index in [1.807, 2.05) is 13.8 Å². The van der Waals surface area contributed by atoms with Crippen molar-refractivity contribution in [3.05, 3.63) is 0 Å². The van der Waals surface area contributed by atoms with Crippen molar-refractivity contribution in [1.82, 2.24) is 5.32 Å². The van der Waals surface area contributed by atoms with Crippen LogP contribution < -0.4 is 5.32 Å². The van der Waals surface area contributed by atoms with Crippen molar-refractivity contribution in [3.8, 4) is 0 Å². The van der Waals surface area contributed by atoms with Gasteiger partial charge in [0.2, 0.25) is 5.91 Å². The van der Waals surface area contributed by atoms with E-state index in [-0.39, 0.29) is 17.8 Å². The third kappa shape index (κ3) is 3.03. The van der Waals surface area contributed by atoms with E-state index in [0.29, 0.717) is 12.3 Å². The summed E-state index contributed by atoms with van der Waals surface area (Å²) in [5.74, 6) is 1.74. The molecule has 18 heavy (non-hydrogen) atoms. The zero-order chi connectivity index (χ0) is 13.3. The maximum absolute atomic E-state index is 12.1. The SMILES string of the molecule is COC(=O)C(CC(C)C)NC(=O)C1CC2CC2C1. The van der Waals surface area contributed by atoms with Crippen molar-refractivity contribution in [1.29, 1.82) is 0 Å². The number of amides is 1. The molecule has 2 aliphatic rings. The first-order valence-corrected chi connectivity index (χ1v) is 6.89. The molecule has 0 aliphatic heterocycles. The van der Waals surface area contributed by atoms with E-state index in [1.54, 1.807) is 0 Å². The molecule has 4 heteroatoms. The molecule has 2 rings (SSSR count). The van der Waals surface area contributed by atoms with Gasteiger partial charge in [-0.15, -0.1) is 0 Å². The van der Waals surface area contributed by atoms with Crippen molar-refractivity contribution in [2.24, 2.45) is 23.7 Å². The molecule has 102 valence electrons. The summed E-state index contributed by atoms with van der Waals surface area (Å²) in [6.07, 6.45) is 3.95. The third-order valence-electron chi connectivity index (χ3n) is 4.12. The molecule has 0 aromatic rings. The quantitative estimate of drug-likeness (QED) is 0.759. The molecule has 3 unspecified atom stereocenters. The highest BCUT2D eigenvalue weighted by Gasteiger charge is 2.48. The molecular formula is C14H23NO3. The van der Waals surface area contributed by atoms with Crippen LogP contribution in [0.1, 0.15) is 39.5 Å². The van der Waals surface area contributed by atoms with Crippen molar-refractivity contribution in [3.63, 3.8) is 0 Å². The van der Waals surface area contributed by atoms with Crippen LogP contribution in [0, 0.1) is 23.7 Å². The van der Waals surface area contributed by atoms with Gasteiger partial charge in [-0.25, -0.2) is 4.79 Å². The van der Waals surface area contributed by atoms with Crippen LogP contribution in [0.15, 0.2) is 0 Å². The van der Waals surface area contributed by atoms with Crippen LogP contribution >= 0.6 is 0 Å². The van der Waals surface area contributed by atoms with Crippen LogP contribution in [0.3, 0.4) is 0 Å². The third-order valence-corrected chi connectivity index (χ3v) is 4.12. The lowest BCUT2D eigenvalue weighted by atomic mass is 10.00. The fourth-order valence-electron chi connectivity index (χ4n) is 3.05. The molecule has 2 saturated carbocycles. The minimum atomic E-state index is -0.487. The molecule has 0 saturated heterocycles. The molecule has 4 nitrogen and oxygen atoms in total. The minimum absolute atomic E-state index is 0.0400. The molecule has 2 fully saturated rings. The number of ether oxygens (including phenoxy) is 1. The zero-order valence-electron chi connectivity index (χ0n) is 11.4. The Bertz CT molecular complexity index is 330. The van der Waals surface area contributed by atoms with Gasteiger partial charge in [0.25, 0.3) is 0 Å². The first-order chi connectivity index (χ1) is 8.51. The topological polar surface area (TPSA) is 55.4 Å². The molecule has 0 bridgehead atoms. The average molecular weight is 253 g/mol. The summed E-state index contributed by atoms with van der Waals surface area (Å²) in [7, 11) is 1.37. The fourth-order valence-corrected chi connectivity index (χ4v) is 3.05. The van der Waals surface area contributed by atoms with Crippen LogP contribution in [-0.2, 0) is 14.3 Å². The largest absolute Gasteiger partial charge is 0.467 e. The number of nitrogens with one attached hydrogen (secondary N) is 1. The van der Waals surface area contributed by atoms with E-state index in [1.165, 1.54) is 13.5 Å². The van der Waals surface area contributed by atoms with E-state index < -0.39 is 6.04 Å². The summed E-state index contributed by atoms with van der Waals surface area (Å²) in [5, 5.41) is 2.87. The Morgan fingerprint density at radius 1 is 1.22 bits per heavy atom. The lowest BCUT2D eigenvalue weighted by Crippen LogP contribution is -2.44. The first-order valence-electron chi connectivity index (χ1n) is 6.89. The van der Waals surface area contributed by atoms with Crippen LogP contribution in [0.5, 0.6) is 0 Å². The molecule has 2 aliphatic carbocycles. The number of fused-ring (bicyclic) bond motifs is 1. The maximum Gasteiger partial charge on any atom is 0.328 e. The van der Waals surface area contributed by atoms with Gasteiger partial charge in [0, 0.05) is 5.92 Å². The molecule has 0 spiro atoms. The molecule has 0 aromatic carbocycles.